The van der Waals surface area contributed by atoms with Crippen LogP contribution in [0, 0.1) is 16.7 Å². The fraction of sp³-hybridized carbons (Fsp3) is 0.667. The molecule has 0 amide bonds. The molecular formula is C9H14BrN5. The Balaban J connectivity index is 2.83. The first-order valence-corrected chi connectivity index (χ1v) is 5.44. The molecule has 0 radical (unpaired) electrons. The minimum absolute atomic E-state index is 0.0822. The van der Waals surface area contributed by atoms with Crippen molar-refractivity contribution in [2.75, 3.05) is 5.73 Å². The molecule has 1 aromatic rings. The van der Waals surface area contributed by atoms with Gasteiger partial charge in [0.2, 0.25) is 5.95 Å². The van der Waals surface area contributed by atoms with E-state index in [-0.39, 0.29) is 17.4 Å². The van der Waals surface area contributed by atoms with Crippen molar-refractivity contribution in [3.63, 3.8) is 0 Å². The summed E-state index contributed by atoms with van der Waals surface area (Å²) >= 11 is 3.27. The highest BCUT2D eigenvalue weighted by atomic mass is 79.9. The van der Waals surface area contributed by atoms with Gasteiger partial charge >= 0.3 is 0 Å². The maximum Gasteiger partial charge on any atom is 0.240 e. The van der Waals surface area contributed by atoms with Crippen molar-refractivity contribution in [3.8, 4) is 6.07 Å². The predicted molar refractivity (Wildman–Crippen MR) is 60.9 cm³/mol. The fourth-order valence-corrected chi connectivity index (χ4v) is 2.08. The average Bonchev–Trinajstić information content (AvgIpc) is 2.45. The molecule has 0 aromatic carbocycles. The summed E-state index contributed by atoms with van der Waals surface area (Å²) in [5.74, 6) is 0.239. The Kier molecular flexibility index (Phi) is 3.35. The Morgan fingerprint density at radius 1 is 1.67 bits per heavy atom. The van der Waals surface area contributed by atoms with Gasteiger partial charge in [-0.2, -0.15) is 10.2 Å². The summed E-state index contributed by atoms with van der Waals surface area (Å²) in [7, 11) is 0. The summed E-state index contributed by atoms with van der Waals surface area (Å²) in [6.07, 6.45) is 0.699. The molecule has 0 aliphatic heterocycles. The van der Waals surface area contributed by atoms with Crippen LogP contribution in [0.15, 0.2) is 4.73 Å². The van der Waals surface area contributed by atoms with Crippen LogP contribution in [0.5, 0.6) is 0 Å². The molecule has 1 rings (SSSR count). The second-order valence-electron chi connectivity index (χ2n) is 4.23. The zero-order chi connectivity index (χ0) is 11.6. The zero-order valence-electron chi connectivity index (χ0n) is 9.03. The van der Waals surface area contributed by atoms with Gasteiger partial charge in [-0.25, -0.2) is 4.68 Å². The maximum atomic E-state index is 8.93. The molecule has 15 heavy (non-hydrogen) atoms. The van der Waals surface area contributed by atoms with Crippen LogP contribution in [-0.2, 0) is 0 Å². The van der Waals surface area contributed by atoms with Gasteiger partial charge in [-0.3, -0.25) is 0 Å². The quantitative estimate of drug-likeness (QED) is 0.913. The highest BCUT2D eigenvalue weighted by Gasteiger charge is 2.23. The molecule has 1 aromatic heterocycles. The van der Waals surface area contributed by atoms with Crippen LogP contribution in [-0.4, -0.2) is 14.8 Å². The van der Waals surface area contributed by atoms with E-state index in [0.29, 0.717) is 11.2 Å². The van der Waals surface area contributed by atoms with Gasteiger partial charge in [0.05, 0.1) is 17.5 Å². The van der Waals surface area contributed by atoms with Crippen molar-refractivity contribution >= 4 is 21.9 Å². The molecule has 1 heterocycles. The van der Waals surface area contributed by atoms with Gasteiger partial charge in [0.25, 0.3) is 0 Å². The molecule has 0 aliphatic rings. The molecule has 0 fully saturated rings. The largest absolute Gasteiger partial charge is 0.366 e. The van der Waals surface area contributed by atoms with Crippen LogP contribution in [0.2, 0.25) is 0 Å². The summed E-state index contributed by atoms with van der Waals surface area (Å²) in [6, 6.07) is 2.34. The monoisotopic (exact) mass is 271 g/mol. The van der Waals surface area contributed by atoms with E-state index in [4.69, 9.17) is 11.0 Å². The van der Waals surface area contributed by atoms with Crippen molar-refractivity contribution < 1.29 is 0 Å². The molecule has 5 nitrogen and oxygen atoms in total. The highest BCUT2D eigenvalue weighted by molar-refractivity contribution is 9.10. The number of anilines is 1. The van der Waals surface area contributed by atoms with Gasteiger partial charge in [-0.15, -0.1) is 5.10 Å². The van der Waals surface area contributed by atoms with Gasteiger partial charge in [-0.05, 0) is 43.1 Å². The van der Waals surface area contributed by atoms with Crippen molar-refractivity contribution in [1.82, 2.24) is 14.8 Å². The molecule has 1 unspecified atom stereocenters. The molecule has 0 bridgehead atoms. The van der Waals surface area contributed by atoms with Crippen LogP contribution in [0.25, 0.3) is 0 Å². The van der Waals surface area contributed by atoms with Crippen molar-refractivity contribution in [2.45, 2.75) is 33.2 Å². The number of aromatic nitrogens is 3. The Labute approximate surface area is 97.4 Å². The lowest BCUT2D eigenvalue weighted by atomic mass is 9.88. The van der Waals surface area contributed by atoms with Crippen molar-refractivity contribution in [1.29, 1.82) is 5.26 Å². The summed E-state index contributed by atoms with van der Waals surface area (Å²) in [5, 5.41) is 13.0. The number of nitrogens with two attached hydrogens (primary N) is 1. The summed E-state index contributed by atoms with van der Waals surface area (Å²) in [4.78, 5) is 3.95. The molecular weight excluding hydrogens is 258 g/mol. The van der Waals surface area contributed by atoms with Gasteiger partial charge in [-0.1, -0.05) is 0 Å². The number of nitrogen functional groups attached to an aromatic ring is 1. The Bertz CT molecular complexity index is 390. The molecule has 2 N–H and O–H groups in total. The number of hydrogen-bond donors (Lipinski definition) is 1. The van der Waals surface area contributed by atoms with Crippen LogP contribution < -0.4 is 5.73 Å². The minimum atomic E-state index is -0.375. The lowest BCUT2D eigenvalue weighted by Crippen LogP contribution is -2.17. The first-order valence-electron chi connectivity index (χ1n) is 4.64. The van der Waals surface area contributed by atoms with E-state index in [1.807, 2.05) is 20.8 Å². The second-order valence-corrected chi connectivity index (χ2v) is 4.94. The first kappa shape index (κ1) is 12.0. The lowest BCUT2D eigenvalue weighted by molar-refractivity contribution is 0.332. The average molecular weight is 272 g/mol. The maximum absolute atomic E-state index is 8.93. The van der Waals surface area contributed by atoms with Crippen LogP contribution in [0.3, 0.4) is 0 Å². The van der Waals surface area contributed by atoms with Gasteiger partial charge < -0.3 is 5.73 Å². The Morgan fingerprint density at radius 3 is 2.67 bits per heavy atom. The van der Waals surface area contributed by atoms with E-state index in [9.17, 15) is 0 Å². The van der Waals surface area contributed by atoms with E-state index in [0.717, 1.165) is 0 Å². The Hall–Kier alpha value is -1.09. The lowest BCUT2D eigenvalue weighted by Gasteiger charge is -2.20. The van der Waals surface area contributed by atoms with E-state index in [2.05, 4.69) is 32.1 Å². The van der Waals surface area contributed by atoms with Gasteiger partial charge in [0, 0.05) is 0 Å². The summed E-state index contributed by atoms with van der Waals surface area (Å²) < 4.78 is 2.29. The molecule has 6 heteroatoms. The van der Waals surface area contributed by atoms with Gasteiger partial charge in [0.15, 0.2) is 4.73 Å². The first-order chi connectivity index (χ1) is 6.85. The molecule has 0 spiro atoms. The van der Waals surface area contributed by atoms with E-state index >= 15 is 0 Å². The normalized spacial score (nSPS) is 13.5. The number of nitrogens with zero attached hydrogens (tertiary/aromatic N) is 4. The summed E-state index contributed by atoms with van der Waals surface area (Å²) in [5.41, 5.74) is 5.10. The third kappa shape index (κ3) is 2.93. The SMILES string of the molecule is CC(CC(C)(C)C#N)n1nc(N)nc1Br. The second kappa shape index (κ2) is 4.19. The third-order valence-electron chi connectivity index (χ3n) is 2.13. The van der Waals surface area contributed by atoms with Crippen LogP contribution >= 0.6 is 15.9 Å². The number of nitriles is 1. The van der Waals surface area contributed by atoms with Gasteiger partial charge in [0.1, 0.15) is 0 Å². The topological polar surface area (TPSA) is 80.5 Å². The fourth-order valence-electron chi connectivity index (χ4n) is 1.47. The molecule has 0 aliphatic carbocycles. The minimum Gasteiger partial charge on any atom is -0.366 e. The molecule has 1 atom stereocenters. The van der Waals surface area contributed by atoms with Crippen molar-refractivity contribution in [2.24, 2.45) is 5.41 Å². The number of rotatable bonds is 3. The highest BCUT2D eigenvalue weighted by Crippen LogP contribution is 2.28. The van der Waals surface area contributed by atoms with E-state index < -0.39 is 0 Å². The van der Waals surface area contributed by atoms with Crippen molar-refractivity contribution in [3.05, 3.63) is 4.73 Å². The molecule has 0 saturated carbocycles. The van der Waals surface area contributed by atoms with E-state index in [1.54, 1.807) is 4.68 Å². The standard InChI is InChI=1S/C9H14BrN5/c1-6(4-9(2,3)5-11)15-7(10)13-8(12)14-15/h6H,4H2,1-3H3,(H2,12,14). The zero-order valence-corrected chi connectivity index (χ0v) is 10.6. The molecule has 82 valence electrons. The number of halogens is 1. The third-order valence-corrected chi connectivity index (χ3v) is 2.67. The summed E-state index contributed by atoms with van der Waals surface area (Å²) in [6.45, 7) is 5.79. The van der Waals surface area contributed by atoms with Crippen LogP contribution in [0.4, 0.5) is 5.95 Å². The number of hydrogen-bond acceptors (Lipinski definition) is 4. The van der Waals surface area contributed by atoms with E-state index in [1.165, 1.54) is 0 Å². The smallest absolute Gasteiger partial charge is 0.240 e. The predicted octanol–water partition coefficient (Wildman–Crippen LogP) is 2.12. The van der Waals surface area contributed by atoms with Crippen LogP contribution in [0.1, 0.15) is 33.2 Å². The molecule has 0 saturated heterocycles. The Morgan fingerprint density at radius 2 is 2.27 bits per heavy atom.